The predicted octanol–water partition coefficient (Wildman–Crippen LogP) is 4.14. The van der Waals surface area contributed by atoms with Crippen LogP contribution in [0.25, 0.3) is 0 Å². The molecular weight excluding hydrogens is 380 g/mol. The van der Waals surface area contributed by atoms with E-state index >= 15 is 0 Å². The Bertz CT molecular complexity index is 1060. The Labute approximate surface area is 162 Å². The normalized spacial score (nSPS) is 13.9. The number of carbonyl (C=O) groups is 1. The van der Waals surface area contributed by atoms with Gasteiger partial charge < -0.3 is 4.90 Å². The minimum atomic E-state index is -3.63. The van der Waals surface area contributed by atoms with Crippen LogP contribution in [0.1, 0.15) is 21.7 Å². The summed E-state index contributed by atoms with van der Waals surface area (Å²) >= 11 is 1.43. The van der Waals surface area contributed by atoms with Crippen LogP contribution in [0.15, 0.2) is 70.9 Å². The SMILES string of the molecule is O=C(c1cccs1)N1CCCc2cc(NS(=O)(=O)c3ccccc3)ccc21. The highest BCUT2D eigenvalue weighted by atomic mass is 32.2. The lowest BCUT2D eigenvalue weighted by atomic mass is 10.0. The summed E-state index contributed by atoms with van der Waals surface area (Å²) in [5.41, 5.74) is 2.32. The molecule has 2 heterocycles. The summed E-state index contributed by atoms with van der Waals surface area (Å²) in [5, 5.41) is 1.89. The van der Waals surface area contributed by atoms with E-state index in [1.165, 1.54) is 11.3 Å². The molecule has 2 aromatic carbocycles. The lowest BCUT2D eigenvalue weighted by molar-refractivity contribution is 0.0989. The summed E-state index contributed by atoms with van der Waals surface area (Å²) in [7, 11) is -3.63. The number of benzene rings is 2. The first-order chi connectivity index (χ1) is 13.0. The summed E-state index contributed by atoms with van der Waals surface area (Å²) in [4.78, 5) is 15.4. The maximum Gasteiger partial charge on any atom is 0.268 e. The van der Waals surface area contributed by atoms with Crippen molar-refractivity contribution in [3.05, 3.63) is 76.5 Å². The molecular formula is C20H18N2O3S2. The van der Waals surface area contributed by atoms with Gasteiger partial charge in [-0.05, 0) is 60.2 Å². The first-order valence-corrected chi connectivity index (χ1v) is 11.0. The fourth-order valence-electron chi connectivity index (χ4n) is 3.22. The Morgan fingerprint density at radius 1 is 1.04 bits per heavy atom. The van der Waals surface area contributed by atoms with Crippen molar-refractivity contribution in [3.63, 3.8) is 0 Å². The number of sulfonamides is 1. The number of carbonyl (C=O) groups excluding carboxylic acids is 1. The van der Waals surface area contributed by atoms with E-state index in [2.05, 4.69) is 4.72 Å². The van der Waals surface area contributed by atoms with Crippen LogP contribution in [-0.4, -0.2) is 20.9 Å². The maximum absolute atomic E-state index is 12.7. The molecule has 0 spiro atoms. The molecule has 4 rings (SSSR count). The molecule has 1 amide bonds. The Morgan fingerprint density at radius 2 is 1.85 bits per heavy atom. The van der Waals surface area contributed by atoms with Crippen LogP contribution in [-0.2, 0) is 16.4 Å². The van der Waals surface area contributed by atoms with E-state index in [4.69, 9.17) is 0 Å². The third-order valence-corrected chi connectivity index (χ3v) is 6.74. The monoisotopic (exact) mass is 398 g/mol. The largest absolute Gasteiger partial charge is 0.307 e. The molecule has 27 heavy (non-hydrogen) atoms. The Hall–Kier alpha value is -2.64. The van der Waals surface area contributed by atoms with Gasteiger partial charge >= 0.3 is 0 Å². The van der Waals surface area contributed by atoms with Crippen molar-refractivity contribution in [1.82, 2.24) is 0 Å². The molecule has 1 N–H and O–H groups in total. The second kappa shape index (κ2) is 7.17. The van der Waals surface area contributed by atoms with Gasteiger partial charge in [-0.15, -0.1) is 11.3 Å². The molecule has 5 nitrogen and oxygen atoms in total. The number of hydrogen-bond acceptors (Lipinski definition) is 4. The molecule has 0 bridgehead atoms. The average molecular weight is 399 g/mol. The minimum Gasteiger partial charge on any atom is -0.307 e. The number of nitrogens with one attached hydrogen (secondary N) is 1. The van der Waals surface area contributed by atoms with Gasteiger partial charge in [-0.2, -0.15) is 0 Å². The van der Waals surface area contributed by atoms with Crippen molar-refractivity contribution in [1.29, 1.82) is 0 Å². The van der Waals surface area contributed by atoms with Crippen LogP contribution in [0.4, 0.5) is 11.4 Å². The number of hydrogen-bond donors (Lipinski definition) is 1. The number of anilines is 2. The molecule has 1 aromatic heterocycles. The lowest BCUT2D eigenvalue weighted by Gasteiger charge is -2.29. The van der Waals surface area contributed by atoms with Gasteiger partial charge in [0.25, 0.3) is 15.9 Å². The van der Waals surface area contributed by atoms with Gasteiger partial charge in [0.1, 0.15) is 0 Å². The predicted molar refractivity (Wildman–Crippen MR) is 108 cm³/mol. The van der Waals surface area contributed by atoms with Crippen LogP contribution >= 0.6 is 11.3 Å². The maximum atomic E-state index is 12.7. The van der Waals surface area contributed by atoms with E-state index in [1.54, 1.807) is 41.3 Å². The fraction of sp³-hybridized carbons (Fsp3) is 0.150. The van der Waals surface area contributed by atoms with Gasteiger partial charge in [0.2, 0.25) is 0 Å². The molecule has 0 fully saturated rings. The molecule has 0 unspecified atom stereocenters. The van der Waals surface area contributed by atoms with Gasteiger partial charge in [-0.25, -0.2) is 8.42 Å². The Kier molecular flexibility index (Phi) is 4.72. The van der Waals surface area contributed by atoms with Crippen LogP contribution < -0.4 is 9.62 Å². The second-order valence-electron chi connectivity index (χ2n) is 6.30. The number of amides is 1. The summed E-state index contributed by atoms with van der Waals surface area (Å²) < 4.78 is 27.7. The van der Waals surface area contributed by atoms with Crippen LogP contribution in [0.2, 0.25) is 0 Å². The van der Waals surface area contributed by atoms with E-state index in [0.717, 1.165) is 24.1 Å². The minimum absolute atomic E-state index is 0.0106. The van der Waals surface area contributed by atoms with E-state index < -0.39 is 10.0 Å². The molecule has 138 valence electrons. The standard InChI is InChI=1S/C20H18N2O3S2/c23-20(19-9-5-13-26-19)22-12-4-6-15-14-16(10-11-18(15)22)21-27(24,25)17-7-2-1-3-8-17/h1-3,5,7-11,13-14,21H,4,6,12H2. The van der Waals surface area contributed by atoms with Gasteiger partial charge in [0, 0.05) is 17.9 Å². The third-order valence-electron chi connectivity index (χ3n) is 4.48. The number of aryl methyl sites for hydroxylation is 1. The molecule has 7 heteroatoms. The van der Waals surface area contributed by atoms with Crippen molar-refractivity contribution in [2.45, 2.75) is 17.7 Å². The molecule has 0 saturated heterocycles. The number of fused-ring (bicyclic) bond motifs is 1. The highest BCUT2D eigenvalue weighted by Gasteiger charge is 2.25. The highest BCUT2D eigenvalue weighted by Crippen LogP contribution is 2.32. The topological polar surface area (TPSA) is 66.5 Å². The number of nitrogens with zero attached hydrogens (tertiary/aromatic N) is 1. The van der Waals surface area contributed by atoms with Crippen molar-refractivity contribution < 1.29 is 13.2 Å². The summed E-state index contributed by atoms with van der Waals surface area (Å²) in [6, 6.07) is 17.3. The van der Waals surface area contributed by atoms with Crippen molar-refractivity contribution in [2.24, 2.45) is 0 Å². The number of rotatable bonds is 4. The zero-order valence-electron chi connectivity index (χ0n) is 14.5. The second-order valence-corrected chi connectivity index (χ2v) is 8.93. The molecule has 1 aliphatic heterocycles. The van der Waals surface area contributed by atoms with E-state index in [1.807, 2.05) is 29.6 Å². The summed E-state index contributed by atoms with van der Waals surface area (Å²) in [5.74, 6) is -0.0106. The highest BCUT2D eigenvalue weighted by molar-refractivity contribution is 7.92. The van der Waals surface area contributed by atoms with E-state index in [-0.39, 0.29) is 10.8 Å². The zero-order valence-corrected chi connectivity index (χ0v) is 16.1. The fourth-order valence-corrected chi connectivity index (χ4v) is 4.96. The van der Waals surface area contributed by atoms with E-state index in [0.29, 0.717) is 17.1 Å². The quantitative estimate of drug-likeness (QED) is 0.718. The van der Waals surface area contributed by atoms with Gasteiger partial charge in [0.15, 0.2) is 0 Å². The first-order valence-electron chi connectivity index (χ1n) is 8.61. The first kappa shape index (κ1) is 17.8. The van der Waals surface area contributed by atoms with Gasteiger partial charge in [0.05, 0.1) is 9.77 Å². The van der Waals surface area contributed by atoms with Gasteiger partial charge in [-0.1, -0.05) is 24.3 Å². The van der Waals surface area contributed by atoms with Crippen LogP contribution in [0.3, 0.4) is 0 Å². The summed E-state index contributed by atoms with van der Waals surface area (Å²) in [6.45, 7) is 0.665. The van der Waals surface area contributed by atoms with Gasteiger partial charge in [-0.3, -0.25) is 9.52 Å². The van der Waals surface area contributed by atoms with Crippen molar-refractivity contribution >= 4 is 38.6 Å². The third kappa shape index (κ3) is 3.61. The zero-order chi connectivity index (χ0) is 18.9. The molecule has 3 aromatic rings. The van der Waals surface area contributed by atoms with E-state index in [9.17, 15) is 13.2 Å². The summed E-state index contributed by atoms with van der Waals surface area (Å²) in [6.07, 6.45) is 1.66. The van der Waals surface area contributed by atoms with Crippen molar-refractivity contribution in [2.75, 3.05) is 16.2 Å². The molecule has 0 aliphatic carbocycles. The molecule has 0 radical (unpaired) electrons. The number of thiophene rings is 1. The Morgan fingerprint density at radius 3 is 2.59 bits per heavy atom. The van der Waals surface area contributed by atoms with Crippen molar-refractivity contribution in [3.8, 4) is 0 Å². The smallest absolute Gasteiger partial charge is 0.268 e. The molecule has 0 saturated carbocycles. The van der Waals surface area contributed by atoms with Crippen LogP contribution in [0.5, 0.6) is 0 Å². The molecule has 0 atom stereocenters. The van der Waals surface area contributed by atoms with Crippen LogP contribution in [0, 0.1) is 0 Å². The lowest BCUT2D eigenvalue weighted by Crippen LogP contribution is -2.35. The molecule has 1 aliphatic rings. The average Bonchev–Trinajstić information content (AvgIpc) is 3.22. The Balaban J connectivity index is 1.61.